The predicted molar refractivity (Wildman–Crippen MR) is 137 cm³/mol. The number of amides is 2. The minimum absolute atomic E-state index is 0.0105. The maximum absolute atomic E-state index is 13.0. The molecule has 0 atom stereocenters. The molecule has 0 radical (unpaired) electrons. The monoisotopic (exact) mass is 488 g/mol. The number of carbonyl (C=O) groups excluding carboxylic acids is 2. The van der Waals surface area contributed by atoms with Gasteiger partial charge in [-0.3, -0.25) is 19.0 Å². The first-order valence-electron chi connectivity index (χ1n) is 12.7. The van der Waals surface area contributed by atoms with E-state index in [0.29, 0.717) is 42.7 Å². The highest BCUT2D eigenvalue weighted by Crippen LogP contribution is 2.35. The van der Waals surface area contributed by atoms with Crippen LogP contribution in [-0.2, 0) is 22.4 Å². The number of piperidine rings is 1. The molecule has 2 amide bonds. The van der Waals surface area contributed by atoms with Crippen LogP contribution in [0.1, 0.15) is 49.5 Å². The zero-order valence-electron chi connectivity index (χ0n) is 20.6. The second kappa shape index (κ2) is 10.5. The second-order valence-electron chi connectivity index (χ2n) is 9.66. The van der Waals surface area contributed by atoms with Gasteiger partial charge < -0.3 is 15.0 Å². The Balaban J connectivity index is 1.14. The molecule has 5 rings (SSSR count). The number of rotatable bonds is 8. The van der Waals surface area contributed by atoms with Crippen LogP contribution in [0.4, 0.5) is 0 Å². The summed E-state index contributed by atoms with van der Waals surface area (Å²) in [4.78, 5) is 45.1. The minimum Gasteiger partial charge on any atom is -0.496 e. The van der Waals surface area contributed by atoms with E-state index in [9.17, 15) is 14.4 Å². The van der Waals surface area contributed by atoms with Gasteiger partial charge in [0, 0.05) is 43.6 Å². The summed E-state index contributed by atoms with van der Waals surface area (Å²) in [5.74, 6) is 1.44. The van der Waals surface area contributed by atoms with Gasteiger partial charge in [-0.1, -0.05) is 30.3 Å². The molecule has 1 saturated heterocycles. The van der Waals surface area contributed by atoms with E-state index in [4.69, 9.17) is 9.72 Å². The van der Waals surface area contributed by atoms with E-state index in [-0.39, 0.29) is 35.9 Å². The van der Waals surface area contributed by atoms with Crippen molar-refractivity contribution in [2.45, 2.75) is 57.0 Å². The van der Waals surface area contributed by atoms with E-state index in [2.05, 4.69) is 5.32 Å². The summed E-state index contributed by atoms with van der Waals surface area (Å²) >= 11 is 0. The third-order valence-electron chi connectivity index (χ3n) is 7.12. The largest absolute Gasteiger partial charge is 0.496 e. The summed E-state index contributed by atoms with van der Waals surface area (Å²) in [5, 5.41) is 3.75. The minimum atomic E-state index is -0.0430. The smallest absolute Gasteiger partial charge is 0.261 e. The molecule has 188 valence electrons. The number of para-hydroxylation sites is 2. The molecule has 2 heterocycles. The van der Waals surface area contributed by atoms with Crippen molar-refractivity contribution in [2.75, 3.05) is 20.2 Å². The first-order chi connectivity index (χ1) is 17.5. The number of nitrogens with one attached hydrogen (secondary N) is 1. The molecule has 1 N–H and O–H groups in total. The molecule has 0 spiro atoms. The molecule has 2 fully saturated rings. The Morgan fingerprint density at radius 3 is 2.50 bits per heavy atom. The molecule has 3 aromatic rings. The maximum Gasteiger partial charge on any atom is 0.261 e. The van der Waals surface area contributed by atoms with Gasteiger partial charge >= 0.3 is 0 Å². The van der Waals surface area contributed by atoms with Gasteiger partial charge in [0.15, 0.2) is 0 Å². The van der Waals surface area contributed by atoms with Crippen LogP contribution < -0.4 is 15.6 Å². The molecule has 0 bridgehead atoms. The topological polar surface area (TPSA) is 93.5 Å². The predicted octanol–water partition coefficient (Wildman–Crippen LogP) is 3.02. The van der Waals surface area contributed by atoms with Crippen LogP contribution in [0.25, 0.3) is 10.9 Å². The van der Waals surface area contributed by atoms with Gasteiger partial charge in [-0.25, -0.2) is 4.98 Å². The number of methoxy groups -OCH3 is 1. The lowest BCUT2D eigenvalue weighted by atomic mass is 10.0. The van der Waals surface area contributed by atoms with Crippen molar-refractivity contribution < 1.29 is 14.3 Å². The van der Waals surface area contributed by atoms with Crippen LogP contribution in [0.3, 0.4) is 0 Å². The van der Waals surface area contributed by atoms with E-state index in [1.807, 2.05) is 53.4 Å². The van der Waals surface area contributed by atoms with Crippen molar-refractivity contribution >= 4 is 22.7 Å². The van der Waals surface area contributed by atoms with Crippen LogP contribution in [-0.4, -0.2) is 52.5 Å². The van der Waals surface area contributed by atoms with E-state index >= 15 is 0 Å². The van der Waals surface area contributed by atoms with Crippen LogP contribution in [0.2, 0.25) is 0 Å². The Hall–Kier alpha value is -3.68. The fourth-order valence-corrected chi connectivity index (χ4v) is 5.00. The zero-order chi connectivity index (χ0) is 25.1. The number of fused-ring (bicyclic) bond motifs is 1. The van der Waals surface area contributed by atoms with Gasteiger partial charge in [0.25, 0.3) is 5.56 Å². The SMILES string of the molecule is COc1ccccc1CC(=O)N1CCC(NC(=O)CCc2nc3ccccc3c(=O)n2C2CC2)CC1. The summed E-state index contributed by atoms with van der Waals surface area (Å²) in [5.41, 5.74) is 1.55. The lowest BCUT2D eigenvalue weighted by Crippen LogP contribution is -2.47. The number of nitrogens with zero attached hydrogens (tertiary/aromatic N) is 3. The van der Waals surface area contributed by atoms with Crippen LogP contribution >= 0.6 is 0 Å². The maximum atomic E-state index is 13.0. The standard InChI is InChI=1S/C28H32N4O4/c1-36-24-9-5-2-6-19(24)18-27(34)31-16-14-20(15-17-31)29-26(33)13-12-25-30-23-8-4-3-7-22(23)28(35)32(25)21-10-11-21/h2-9,20-21H,10-18H2,1H3,(H,29,33). The Morgan fingerprint density at radius 1 is 1.03 bits per heavy atom. The summed E-state index contributed by atoms with van der Waals surface area (Å²) < 4.78 is 7.15. The fraction of sp³-hybridized carbons (Fsp3) is 0.429. The van der Waals surface area contributed by atoms with Gasteiger partial charge in [-0.05, 0) is 43.9 Å². The quantitative estimate of drug-likeness (QED) is 0.526. The number of likely N-dealkylation sites (tertiary alicyclic amines) is 1. The first-order valence-corrected chi connectivity index (χ1v) is 12.7. The van der Waals surface area contributed by atoms with Crippen LogP contribution in [0.5, 0.6) is 5.75 Å². The lowest BCUT2D eigenvalue weighted by molar-refractivity contribution is -0.131. The molecular formula is C28H32N4O4. The summed E-state index contributed by atoms with van der Waals surface area (Å²) in [7, 11) is 1.61. The summed E-state index contributed by atoms with van der Waals surface area (Å²) in [6.45, 7) is 1.23. The lowest BCUT2D eigenvalue weighted by Gasteiger charge is -2.32. The Kier molecular flexibility index (Phi) is 7.02. The van der Waals surface area contributed by atoms with Crippen LogP contribution in [0.15, 0.2) is 53.3 Å². The number of hydrogen-bond donors (Lipinski definition) is 1. The number of ether oxygens (including phenoxy) is 1. The number of hydrogen-bond acceptors (Lipinski definition) is 5. The first kappa shape index (κ1) is 24.0. The molecule has 1 aliphatic carbocycles. The van der Waals surface area contributed by atoms with Crippen molar-refractivity contribution in [1.29, 1.82) is 0 Å². The van der Waals surface area contributed by atoms with Gasteiger partial charge in [0.1, 0.15) is 11.6 Å². The van der Waals surface area contributed by atoms with Crippen molar-refractivity contribution in [3.8, 4) is 5.75 Å². The third-order valence-corrected chi connectivity index (χ3v) is 7.12. The number of aryl methyl sites for hydroxylation is 1. The highest BCUT2D eigenvalue weighted by molar-refractivity contribution is 5.80. The molecule has 2 aromatic carbocycles. The Bertz CT molecular complexity index is 1320. The van der Waals surface area contributed by atoms with Crippen molar-refractivity contribution in [1.82, 2.24) is 19.8 Å². The summed E-state index contributed by atoms with van der Waals surface area (Å²) in [6, 6.07) is 15.2. The van der Waals surface area contributed by atoms with E-state index < -0.39 is 0 Å². The van der Waals surface area contributed by atoms with Gasteiger partial charge in [0.05, 0.1) is 24.4 Å². The summed E-state index contributed by atoms with van der Waals surface area (Å²) in [6.07, 6.45) is 4.43. The zero-order valence-corrected chi connectivity index (χ0v) is 20.6. The fourth-order valence-electron chi connectivity index (χ4n) is 5.00. The number of carbonyl (C=O) groups is 2. The highest BCUT2D eigenvalue weighted by Gasteiger charge is 2.29. The molecule has 2 aliphatic rings. The molecule has 0 unspecified atom stereocenters. The molecule has 36 heavy (non-hydrogen) atoms. The van der Waals surface area contributed by atoms with Gasteiger partial charge in [-0.2, -0.15) is 0 Å². The highest BCUT2D eigenvalue weighted by atomic mass is 16.5. The molecular weight excluding hydrogens is 456 g/mol. The molecule has 1 saturated carbocycles. The number of benzene rings is 2. The average Bonchev–Trinajstić information content (AvgIpc) is 3.73. The van der Waals surface area contributed by atoms with Crippen molar-refractivity contribution in [3.05, 3.63) is 70.3 Å². The van der Waals surface area contributed by atoms with Crippen LogP contribution in [0, 0.1) is 0 Å². The Morgan fingerprint density at radius 2 is 1.75 bits per heavy atom. The van der Waals surface area contributed by atoms with Crippen molar-refractivity contribution in [2.24, 2.45) is 0 Å². The molecule has 8 heteroatoms. The number of aromatic nitrogens is 2. The average molecular weight is 489 g/mol. The normalized spacial score (nSPS) is 16.2. The Labute approximate surface area is 210 Å². The van der Waals surface area contributed by atoms with E-state index in [1.165, 1.54) is 0 Å². The van der Waals surface area contributed by atoms with Gasteiger partial charge in [-0.15, -0.1) is 0 Å². The van der Waals surface area contributed by atoms with E-state index in [0.717, 1.165) is 37.0 Å². The second-order valence-corrected chi connectivity index (χ2v) is 9.66. The van der Waals surface area contributed by atoms with Crippen molar-refractivity contribution in [3.63, 3.8) is 0 Å². The third kappa shape index (κ3) is 5.27. The van der Waals surface area contributed by atoms with Gasteiger partial charge in [0.2, 0.25) is 11.8 Å². The molecule has 1 aromatic heterocycles. The molecule has 8 nitrogen and oxygen atoms in total. The van der Waals surface area contributed by atoms with E-state index in [1.54, 1.807) is 11.7 Å². The molecule has 1 aliphatic heterocycles.